The summed E-state index contributed by atoms with van der Waals surface area (Å²) in [5.74, 6) is -0.422. The van der Waals surface area contributed by atoms with Gasteiger partial charge in [0, 0.05) is 5.69 Å². The fourth-order valence-corrected chi connectivity index (χ4v) is 3.20. The fraction of sp³-hybridized carbons (Fsp3) is 0.263. The number of phenols is 1. The molecule has 1 fully saturated rings. The van der Waals surface area contributed by atoms with Crippen LogP contribution in [0.3, 0.4) is 0 Å². The first kappa shape index (κ1) is 16.1. The Balaban J connectivity index is 1.86. The van der Waals surface area contributed by atoms with Crippen molar-refractivity contribution in [3.8, 4) is 5.75 Å². The Labute approximate surface area is 140 Å². The molecule has 1 aliphatic rings. The van der Waals surface area contributed by atoms with Crippen molar-refractivity contribution in [1.29, 1.82) is 0 Å². The minimum atomic E-state index is -0.577. The van der Waals surface area contributed by atoms with Crippen LogP contribution in [0.2, 0.25) is 0 Å². The molecule has 1 unspecified atom stereocenters. The number of amides is 2. The SMILES string of the molecule is Cc1cc(C)c(NC2CC(=O)N(c3ccc(O)cc3)C2=O)c(C)c1. The van der Waals surface area contributed by atoms with Crippen LogP contribution in [-0.2, 0) is 9.59 Å². The van der Waals surface area contributed by atoms with Gasteiger partial charge in [-0.2, -0.15) is 0 Å². The molecule has 5 heteroatoms. The van der Waals surface area contributed by atoms with Crippen molar-refractivity contribution in [3.05, 3.63) is 53.1 Å². The van der Waals surface area contributed by atoms with Gasteiger partial charge >= 0.3 is 0 Å². The average molecular weight is 324 g/mol. The molecule has 2 amide bonds. The summed E-state index contributed by atoms with van der Waals surface area (Å²) in [6.07, 6.45) is 0.118. The largest absolute Gasteiger partial charge is 0.508 e. The summed E-state index contributed by atoms with van der Waals surface area (Å²) in [6, 6.07) is 9.58. The summed E-state index contributed by atoms with van der Waals surface area (Å²) in [5, 5.41) is 12.6. The zero-order chi connectivity index (χ0) is 17.4. The van der Waals surface area contributed by atoms with Gasteiger partial charge in [0.25, 0.3) is 5.91 Å². The summed E-state index contributed by atoms with van der Waals surface area (Å²) < 4.78 is 0. The lowest BCUT2D eigenvalue weighted by molar-refractivity contribution is -0.121. The third kappa shape index (κ3) is 2.85. The molecule has 2 aromatic rings. The van der Waals surface area contributed by atoms with E-state index in [0.29, 0.717) is 5.69 Å². The molecule has 24 heavy (non-hydrogen) atoms. The van der Waals surface area contributed by atoms with Crippen LogP contribution in [0.4, 0.5) is 11.4 Å². The van der Waals surface area contributed by atoms with Crippen molar-refractivity contribution in [1.82, 2.24) is 0 Å². The molecule has 0 aliphatic carbocycles. The molecule has 0 saturated carbocycles. The highest BCUT2D eigenvalue weighted by molar-refractivity contribution is 6.23. The van der Waals surface area contributed by atoms with Crippen molar-refractivity contribution in [3.63, 3.8) is 0 Å². The standard InChI is InChI=1S/C19H20N2O3/c1-11-8-12(2)18(13(3)9-11)20-16-10-17(23)21(19(16)24)14-4-6-15(22)7-5-14/h4-9,16,20,22H,10H2,1-3H3. The molecular weight excluding hydrogens is 304 g/mol. The van der Waals surface area contributed by atoms with Crippen molar-refractivity contribution in [2.45, 2.75) is 33.2 Å². The smallest absolute Gasteiger partial charge is 0.256 e. The number of nitrogens with one attached hydrogen (secondary N) is 1. The highest BCUT2D eigenvalue weighted by atomic mass is 16.3. The van der Waals surface area contributed by atoms with E-state index in [2.05, 4.69) is 5.32 Å². The van der Waals surface area contributed by atoms with E-state index in [1.165, 1.54) is 17.0 Å². The van der Waals surface area contributed by atoms with Crippen LogP contribution in [-0.4, -0.2) is 23.0 Å². The Morgan fingerprint density at radius 2 is 1.62 bits per heavy atom. The number of carbonyl (C=O) groups is 2. The third-order valence-corrected chi connectivity index (χ3v) is 4.25. The highest BCUT2D eigenvalue weighted by Gasteiger charge is 2.39. The van der Waals surface area contributed by atoms with Crippen LogP contribution in [0.25, 0.3) is 0 Å². The summed E-state index contributed by atoms with van der Waals surface area (Å²) in [5.41, 5.74) is 4.64. The van der Waals surface area contributed by atoms with Gasteiger partial charge in [-0.1, -0.05) is 17.7 Å². The minimum Gasteiger partial charge on any atom is -0.508 e. The van der Waals surface area contributed by atoms with Crippen LogP contribution in [0, 0.1) is 20.8 Å². The monoisotopic (exact) mass is 324 g/mol. The number of phenolic OH excluding ortho intramolecular Hbond substituents is 1. The van der Waals surface area contributed by atoms with Crippen LogP contribution in [0.5, 0.6) is 5.75 Å². The summed E-state index contributed by atoms with van der Waals surface area (Å²) in [7, 11) is 0. The number of nitrogens with zero attached hydrogens (tertiary/aromatic N) is 1. The second kappa shape index (κ2) is 6.00. The number of anilines is 2. The van der Waals surface area contributed by atoms with Gasteiger partial charge in [0.2, 0.25) is 5.91 Å². The number of benzene rings is 2. The molecular formula is C19H20N2O3. The number of aromatic hydroxyl groups is 1. The molecule has 1 atom stereocenters. The Morgan fingerprint density at radius 3 is 2.21 bits per heavy atom. The van der Waals surface area contributed by atoms with Gasteiger partial charge in [0.05, 0.1) is 12.1 Å². The van der Waals surface area contributed by atoms with E-state index in [9.17, 15) is 14.7 Å². The van der Waals surface area contributed by atoms with Gasteiger partial charge in [-0.3, -0.25) is 9.59 Å². The zero-order valence-corrected chi connectivity index (χ0v) is 14.0. The number of carbonyl (C=O) groups excluding carboxylic acids is 2. The maximum Gasteiger partial charge on any atom is 0.256 e. The zero-order valence-electron chi connectivity index (χ0n) is 14.0. The molecule has 1 saturated heterocycles. The van der Waals surface area contributed by atoms with Gasteiger partial charge in [-0.25, -0.2) is 4.90 Å². The first-order valence-corrected chi connectivity index (χ1v) is 7.87. The van der Waals surface area contributed by atoms with Crippen molar-refractivity contribution in [2.24, 2.45) is 0 Å². The maximum absolute atomic E-state index is 12.7. The number of aryl methyl sites for hydroxylation is 3. The second-order valence-electron chi connectivity index (χ2n) is 6.26. The quantitative estimate of drug-likeness (QED) is 0.851. The number of rotatable bonds is 3. The predicted molar refractivity (Wildman–Crippen MR) is 93.3 cm³/mol. The highest BCUT2D eigenvalue weighted by Crippen LogP contribution is 2.29. The molecule has 0 bridgehead atoms. The van der Waals surface area contributed by atoms with E-state index in [-0.39, 0.29) is 24.0 Å². The van der Waals surface area contributed by atoms with Crippen LogP contribution >= 0.6 is 0 Å². The van der Waals surface area contributed by atoms with Crippen molar-refractivity contribution >= 4 is 23.2 Å². The number of hydrogen-bond donors (Lipinski definition) is 2. The van der Waals surface area contributed by atoms with Crippen molar-refractivity contribution < 1.29 is 14.7 Å². The molecule has 124 valence electrons. The normalized spacial score (nSPS) is 17.5. The van der Waals surface area contributed by atoms with Crippen LogP contribution in [0.15, 0.2) is 36.4 Å². The lowest BCUT2D eigenvalue weighted by atomic mass is 10.0. The molecule has 0 radical (unpaired) electrons. The average Bonchev–Trinajstić information content (AvgIpc) is 2.78. The van der Waals surface area contributed by atoms with E-state index in [4.69, 9.17) is 0 Å². The van der Waals surface area contributed by atoms with Gasteiger partial charge in [-0.05, 0) is 56.2 Å². The molecule has 5 nitrogen and oxygen atoms in total. The molecule has 0 spiro atoms. The Morgan fingerprint density at radius 1 is 1.04 bits per heavy atom. The molecule has 2 N–H and O–H groups in total. The lowest BCUT2D eigenvalue weighted by Crippen LogP contribution is -2.35. The first-order valence-electron chi connectivity index (χ1n) is 7.87. The Bertz CT molecular complexity index is 789. The van der Waals surface area contributed by atoms with E-state index in [1.54, 1.807) is 12.1 Å². The van der Waals surface area contributed by atoms with Gasteiger partial charge in [-0.15, -0.1) is 0 Å². The third-order valence-electron chi connectivity index (χ3n) is 4.25. The minimum absolute atomic E-state index is 0.0958. The molecule has 2 aromatic carbocycles. The van der Waals surface area contributed by atoms with Gasteiger partial charge in [0.15, 0.2) is 0 Å². The molecule has 1 aliphatic heterocycles. The van der Waals surface area contributed by atoms with Gasteiger partial charge in [0.1, 0.15) is 11.8 Å². The van der Waals surface area contributed by atoms with Crippen LogP contribution in [0.1, 0.15) is 23.1 Å². The Kier molecular flexibility index (Phi) is 4.01. The summed E-state index contributed by atoms with van der Waals surface area (Å²) in [4.78, 5) is 26.1. The number of hydrogen-bond acceptors (Lipinski definition) is 4. The molecule has 0 aromatic heterocycles. The molecule has 3 rings (SSSR count). The van der Waals surface area contributed by atoms with Gasteiger partial charge < -0.3 is 10.4 Å². The van der Waals surface area contributed by atoms with E-state index < -0.39 is 6.04 Å². The predicted octanol–water partition coefficient (Wildman–Crippen LogP) is 3.06. The summed E-state index contributed by atoms with van der Waals surface area (Å²) in [6.45, 7) is 6.00. The maximum atomic E-state index is 12.7. The fourth-order valence-electron chi connectivity index (χ4n) is 3.20. The van der Waals surface area contributed by atoms with E-state index in [1.807, 2.05) is 32.9 Å². The molecule has 1 heterocycles. The lowest BCUT2D eigenvalue weighted by Gasteiger charge is -2.19. The first-order chi connectivity index (χ1) is 11.4. The van der Waals surface area contributed by atoms with E-state index >= 15 is 0 Å². The van der Waals surface area contributed by atoms with E-state index in [0.717, 1.165) is 22.4 Å². The van der Waals surface area contributed by atoms with Crippen LogP contribution < -0.4 is 10.2 Å². The van der Waals surface area contributed by atoms with Crippen molar-refractivity contribution in [2.75, 3.05) is 10.2 Å². The summed E-state index contributed by atoms with van der Waals surface area (Å²) >= 11 is 0. The Hall–Kier alpha value is -2.82. The number of imide groups is 1. The topological polar surface area (TPSA) is 69.6 Å². The second-order valence-corrected chi connectivity index (χ2v) is 6.26.